The van der Waals surface area contributed by atoms with Gasteiger partial charge in [-0.05, 0) is 32.9 Å². The number of sulfone groups is 1. The van der Waals surface area contributed by atoms with Gasteiger partial charge in [-0.25, -0.2) is 8.42 Å². The fraction of sp³-hybridized carbons (Fsp3) is 0.333. The van der Waals surface area contributed by atoms with Crippen LogP contribution in [0.1, 0.15) is 28.7 Å². The topological polar surface area (TPSA) is 89.3 Å². The van der Waals surface area contributed by atoms with E-state index < -0.39 is 21.8 Å². The van der Waals surface area contributed by atoms with Crippen LogP contribution in [0.25, 0.3) is 0 Å². The third-order valence-corrected chi connectivity index (χ3v) is 5.02. The molecule has 0 fully saturated rings. The van der Waals surface area contributed by atoms with Crippen LogP contribution in [0.5, 0.6) is 0 Å². The van der Waals surface area contributed by atoms with Crippen molar-refractivity contribution in [2.45, 2.75) is 31.7 Å². The highest BCUT2D eigenvalue weighted by Gasteiger charge is 2.21. The monoisotopic (exact) mass is 322 g/mol. The van der Waals surface area contributed by atoms with Crippen LogP contribution in [0.2, 0.25) is 0 Å². The summed E-state index contributed by atoms with van der Waals surface area (Å²) in [6, 6.07) is 7.58. The standard InChI is InChI=1S/C15H18N2O4S/c1-10-4-6-13(7-5-10)22(19,20)9-11(2)16-15(18)14-8-12(3)21-17-14/h4-8,11H,9H2,1-3H3,(H,16,18). The van der Waals surface area contributed by atoms with Crippen molar-refractivity contribution >= 4 is 15.7 Å². The quantitative estimate of drug-likeness (QED) is 0.908. The fourth-order valence-corrected chi connectivity index (χ4v) is 3.47. The molecule has 118 valence electrons. The van der Waals surface area contributed by atoms with Crippen molar-refractivity contribution in [1.82, 2.24) is 10.5 Å². The van der Waals surface area contributed by atoms with Gasteiger partial charge in [-0.2, -0.15) is 0 Å². The Bertz CT molecular complexity index is 763. The van der Waals surface area contributed by atoms with Crippen molar-refractivity contribution in [3.05, 3.63) is 47.3 Å². The van der Waals surface area contributed by atoms with Crippen molar-refractivity contribution in [3.63, 3.8) is 0 Å². The minimum absolute atomic E-state index is 0.136. The Morgan fingerprint density at radius 3 is 2.45 bits per heavy atom. The minimum atomic E-state index is -3.46. The number of nitrogens with one attached hydrogen (secondary N) is 1. The number of amides is 1. The Morgan fingerprint density at radius 1 is 1.27 bits per heavy atom. The Hall–Kier alpha value is -2.15. The molecule has 0 bridgehead atoms. The van der Waals surface area contributed by atoms with Gasteiger partial charge in [0.1, 0.15) is 5.76 Å². The predicted octanol–water partition coefficient (Wildman–Crippen LogP) is 1.88. The number of rotatable bonds is 5. The van der Waals surface area contributed by atoms with Crippen molar-refractivity contribution in [3.8, 4) is 0 Å². The average Bonchev–Trinajstić information content (AvgIpc) is 2.85. The number of nitrogens with zero attached hydrogens (tertiary/aromatic N) is 1. The summed E-state index contributed by atoms with van der Waals surface area (Å²) in [5.41, 5.74) is 1.12. The third kappa shape index (κ3) is 3.94. The van der Waals surface area contributed by atoms with E-state index in [-0.39, 0.29) is 16.3 Å². The summed E-state index contributed by atoms with van der Waals surface area (Å²) in [6.45, 7) is 5.20. The number of carbonyl (C=O) groups excluding carboxylic acids is 1. The summed E-state index contributed by atoms with van der Waals surface area (Å²) >= 11 is 0. The van der Waals surface area contributed by atoms with Crippen LogP contribution in [0, 0.1) is 13.8 Å². The molecule has 1 heterocycles. The van der Waals surface area contributed by atoms with Crippen LogP contribution < -0.4 is 5.32 Å². The van der Waals surface area contributed by atoms with Gasteiger partial charge in [0.15, 0.2) is 15.5 Å². The Kier molecular flexibility index (Phi) is 4.65. The maximum absolute atomic E-state index is 12.3. The summed E-state index contributed by atoms with van der Waals surface area (Å²) in [5, 5.41) is 6.20. The summed E-state index contributed by atoms with van der Waals surface area (Å²) in [7, 11) is -3.46. The third-order valence-electron chi connectivity index (χ3n) is 3.09. The van der Waals surface area contributed by atoms with E-state index >= 15 is 0 Å². The van der Waals surface area contributed by atoms with E-state index in [9.17, 15) is 13.2 Å². The molecule has 22 heavy (non-hydrogen) atoms. The molecule has 2 rings (SSSR count). The summed E-state index contributed by atoms with van der Waals surface area (Å²) in [6.07, 6.45) is 0. The molecule has 0 aliphatic rings. The van der Waals surface area contributed by atoms with E-state index in [2.05, 4.69) is 10.5 Å². The first kappa shape index (κ1) is 16.2. The van der Waals surface area contributed by atoms with Gasteiger partial charge in [-0.3, -0.25) is 4.79 Å². The average molecular weight is 322 g/mol. The van der Waals surface area contributed by atoms with Crippen LogP contribution in [-0.2, 0) is 9.84 Å². The molecule has 6 nitrogen and oxygen atoms in total. The summed E-state index contributed by atoms with van der Waals surface area (Å²) in [4.78, 5) is 12.2. The number of carbonyl (C=O) groups is 1. The van der Waals surface area contributed by atoms with Crippen LogP contribution >= 0.6 is 0 Å². The fourth-order valence-electron chi connectivity index (χ4n) is 1.98. The van der Waals surface area contributed by atoms with Gasteiger partial charge in [0.25, 0.3) is 5.91 Å². The zero-order valence-electron chi connectivity index (χ0n) is 12.7. The molecule has 0 aliphatic heterocycles. The second-order valence-corrected chi connectivity index (χ2v) is 7.33. The van der Waals surface area contributed by atoms with E-state index in [1.807, 2.05) is 6.92 Å². The maximum atomic E-state index is 12.3. The van der Waals surface area contributed by atoms with Gasteiger partial charge in [0, 0.05) is 12.1 Å². The zero-order valence-corrected chi connectivity index (χ0v) is 13.5. The number of aryl methyl sites for hydroxylation is 2. The van der Waals surface area contributed by atoms with E-state index in [0.717, 1.165) is 5.56 Å². The molecular formula is C15H18N2O4S. The molecule has 0 saturated carbocycles. The van der Waals surface area contributed by atoms with Crippen LogP contribution in [-0.4, -0.2) is 31.3 Å². The molecule has 0 radical (unpaired) electrons. The van der Waals surface area contributed by atoms with E-state index in [1.54, 1.807) is 38.1 Å². The van der Waals surface area contributed by atoms with E-state index in [4.69, 9.17) is 4.52 Å². The van der Waals surface area contributed by atoms with E-state index in [0.29, 0.717) is 5.76 Å². The first-order valence-corrected chi connectivity index (χ1v) is 8.47. The van der Waals surface area contributed by atoms with Gasteiger partial charge < -0.3 is 9.84 Å². The Balaban J connectivity index is 2.03. The molecule has 1 amide bonds. The molecule has 0 spiro atoms. The van der Waals surface area contributed by atoms with E-state index in [1.165, 1.54) is 6.07 Å². The Labute approximate surface area is 129 Å². The molecule has 0 saturated heterocycles. The van der Waals surface area contributed by atoms with Crippen LogP contribution in [0.3, 0.4) is 0 Å². The smallest absolute Gasteiger partial charge is 0.273 e. The SMILES string of the molecule is Cc1ccc(S(=O)(=O)CC(C)NC(=O)c2cc(C)on2)cc1. The second kappa shape index (κ2) is 6.31. The lowest BCUT2D eigenvalue weighted by Crippen LogP contribution is -2.37. The molecule has 1 N–H and O–H groups in total. The van der Waals surface area contributed by atoms with Crippen molar-refractivity contribution in [2.75, 3.05) is 5.75 Å². The molecule has 1 atom stereocenters. The van der Waals surface area contributed by atoms with Gasteiger partial charge in [0.2, 0.25) is 0 Å². The zero-order chi connectivity index (χ0) is 16.3. The summed E-state index contributed by atoms with van der Waals surface area (Å²) < 4.78 is 29.4. The van der Waals surface area contributed by atoms with Crippen LogP contribution in [0.4, 0.5) is 0 Å². The predicted molar refractivity (Wildman–Crippen MR) is 81.4 cm³/mol. The number of benzene rings is 1. The normalized spacial score (nSPS) is 12.9. The van der Waals surface area contributed by atoms with Gasteiger partial charge in [-0.1, -0.05) is 22.9 Å². The van der Waals surface area contributed by atoms with Crippen molar-refractivity contribution < 1.29 is 17.7 Å². The first-order valence-electron chi connectivity index (χ1n) is 6.81. The molecule has 0 aliphatic carbocycles. The highest BCUT2D eigenvalue weighted by Crippen LogP contribution is 2.13. The first-order chi connectivity index (χ1) is 10.3. The number of hydrogen-bond acceptors (Lipinski definition) is 5. The number of aromatic nitrogens is 1. The molecule has 7 heteroatoms. The number of hydrogen-bond donors (Lipinski definition) is 1. The largest absolute Gasteiger partial charge is 0.361 e. The molecule has 1 aromatic carbocycles. The van der Waals surface area contributed by atoms with Crippen LogP contribution in [0.15, 0.2) is 39.8 Å². The lowest BCUT2D eigenvalue weighted by molar-refractivity contribution is 0.0934. The molecule has 1 aromatic heterocycles. The van der Waals surface area contributed by atoms with Gasteiger partial charge >= 0.3 is 0 Å². The summed E-state index contributed by atoms with van der Waals surface area (Å²) in [5.74, 6) is -0.118. The van der Waals surface area contributed by atoms with Gasteiger partial charge in [-0.15, -0.1) is 0 Å². The molecule has 1 unspecified atom stereocenters. The second-order valence-electron chi connectivity index (χ2n) is 5.29. The van der Waals surface area contributed by atoms with Gasteiger partial charge in [0.05, 0.1) is 10.6 Å². The lowest BCUT2D eigenvalue weighted by Gasteiger charge is -2.13. The highest BCUT2D eigenvalue weighted by atomic mass is 32.2. The maximum Gasteiger partial charge on any atom is 0.273 e. The van der Waals surface area contributed by atoms with Crippen molar-refractivity contribution in [1.29, 1.82) is 0 Å². The molecular weight excluding hydrogens is 304 g/mol. The Morgan fingerprint density at radius 2 is 1.91 bits per heavy atom. The highest BCUT2D eigenvalue weighted by molar-refractivity contribution is 7.91. The van der Waals surface area contributed by atoms with Crippen molar-refractivity contribution in [2.24, 2.45) is 0 Å². The minimum Gasteiger partial charge on any atom is -0.361 e. The molecule has 2 aromatic rings. The lowest BCUT2D eigenvalue weighted by atomic mass is 10.2.